The number of carbonyl (C=O) groups is 1. The number of hydrogen-bond donors (Lipinski definition) is 3. The number of aromatic hydroxyl groups is 1. The molecule has 1 amide bonds. The maximum atomic E-state index is 12.1. The Labute approximate surface area is 158 Å². The van der Waals surface area contributed by atoms with Crippen molar-refractivity contribution in [2.45, 2.75) is 11.3 Å². The molecule has 3 N–H and O–H groups in total. The molecule has 0 bridgehead atoms. The topological polar surface area (TPSA) is 151 Å². The lowest BCUT2D eigenvalue weighted by molar-refractivity contribution is -0.117. The fourth-order valence-electron chi connectivity index (χ4n) is 2.77. The van der Waals surface area contributed by atoms with Gasteiger partial charge in [-0.3, -0.25) is 9.35 Å². The van der Waals surface area contributed by atoms with E-state index < -0.39 is 16.0 Å². The van der Waals surface area contributed by atoms with Crippen LogP contribution < -0.4 is 9.47 Å². The fourth-order valence-corrected chi connectivity index (χ4v) is 3.28. The van der Waals surface area contributed by atoms with Crippen molar-refractivity contribution < 1.29 is 32.3 Å². The van der Waals surface area contributed by atoms with E-state index in [1.54, 1.807) is 18.2 Å². The summed E-state index contributed by atoms with van der Waals surface area (Å²) in [6.45, 7) is 0.123. The second kappa shape index (κ2) is 6.62. The highest BCUT2D eigenvalue weighted by molar-refractivity contribution is 7.85. The van der Waals surface area contributed by atoms with Gasteiger partial charge in [0.2, 0.25) is 12.7 Å². The minimum atomic E-state index is -4.44. The van der Waals surface area contributed by atoms with Crippen molar-refractivity contribution in [3.05, 3.63) is 42.0 Å². The molecule has 0 radical (unpaired) electrons. The zero-order valence-electron chi connectivity index (χ0n) is 14.1. The van der Waals surface area contributed by atoms with Crippen LogP contribution in [0.2, 0.25) is 0 Å². The summed E-state index contributed by atoms with van der Waals surface area (Å²) in [5.41, 5.74) is 0.895. The second-order valence-corrected chi connectivity index (χ2v) is 7.38. The van der Waals surface area contributed by atoms with Gasteiger partial charge in [-0.25, -0.2) is 0 Å². The molecular formula is C17H13N3O7S. The molecule has 28 heavy (non-hydrogen) atoms. The van der Waals surface area contributed by atoms with Crippen LogP contribution in [0.5, 0.6) is 17.4 Å². The van der Waals surface area contributed by atoms with Crippen LogP contribution in [0, 0.1) is 0 Å². The van der Waals surface area contributed by atoms with Crippen molar-refractivity contribution in [3.63, 3.8) is 0 Å². The van der Waals surface area contributed by atoms with Gasteiger partial charge in [-0.15, -0.1) is 10.2 Å². The first-order chi connectivity index (χ1) is 13.3. The van der Waals surface area contributed by atoms with Gasteiger partial charge in [0, 0.05) is 5.39 Å². The van der Waals surface area contributed by atoms with Crippen LogP contribution in [0.1, 0.15) is 5.56 Å². The highest BCUT2D eigenvalue weighted by atomic mass is 32.2. The van der Waals surface area contributed by atoms with Crippen LogP contribution in [0.3, 0.4) is 0 Å². The Morgan fingerprint density at radius 1 is 1.14 bits per heavy atom. The molecule has 1 aliphatic rings. The minimum absolute atomic E-state index is 0.0560. The predicted octanol–water partition coefficient (Wildman–Crippen LogP) is 2.70. The molecule has 1 aliphatic heterocycles. The minimum Gasteiger partial charge on any atom is -0.493 e. The van der Waals surface area contributed by atoms with E-state index in [0.717, 1.165) is 6.07 Å². The highest BCUT2D eigenvalue weighted by Crippen LogP contribution is 2.37. The zero-order chi connectivity index (χ0) is 19.9. The molecule has 144 valence electrons. The van der Waals surface area contributed by atoms with E-state index in [4.69, 9.17) is 14.0 Å². The fraction of sp³-hybridized carbons (Fsp3) is 0.118. The first kappa shape index (κ1) is 17.9. The molecule has 11 heteroatoms. The van der Waals surface area contributed by atoms with E-state index >= 15 is 0 Å². The number of ether oxygens (including phenoxy) is 2. The van der Waals surface area contributed by atoms with Crippen LogP contribution in [0.15, 0.2) is 51.5 Å². The van der Waals surface area contributed by atoms with Crippen molar-refractivity contribution >= 4 is 32.6 Å². The third-order valence-corrected chi connectivity index (χ3v) is 4.92. The molecule has 2 aromatic carbocycles. The van der Waals surface area contributed by atoms with Gasteiger partial charge in [-0.2, -0.15) is 8.42 Å². The van der Waals surface area contributed by atoms with Gasteiger partial charge in [-0.05, 0) is 35.9 Å². The van der Waals surface area contributed by atoms with Crippen molar-refractivity contribution in [2.24, 2.45) is 10.2 Å². The molecule has 4 rings (SSSR count). The van der Waals surface area contributed by atoms with E-state index in [-0.39, 0.29) is 35.1 Å². The summed E-state index contributed by atoms with van der Waals surface area (Å²) in [7, 11) is -4.44. The van der Waals surface area contributed by atoms with Gasteiger partial charge in [-0.1, -0.05) is 6.07 Å². The third kappa shape index (κ3) is 3.40. The van der Waals surface area contributed by atoms with Gasteiger partial charge in [0.25, 0.3) is 16.0 Å². The lowest BCUT2D eigenvalue weighted by Crippen LogP contribution is -1.98. The number of fused-ring (bicyclic) bond motifs is 2. The summed E-state index contributed by atoms with van der Waals surface area (Å²) < 4.78 is 42.2. The first-order valence-electron chi connectivity index (χ1n) is 7.96. The molecule has 0 saturated carbocycles. The van der Waals surface area contributed by atoms with Gasteiger partial charge < -0.3 is 19.6 Å². The Morgan fingerprint density at radius 2 is 1.93 bits per heavy atom. The second-order valence-electron chi connectivity index (χ2n) is 5.96. The molecule has 0 fully saturated rings. The number of nitrogens with zero attached hydrogens (tertiary/aromatic N) is 2. The molecule has 0 aliphatic carbocycles. The number of azo groups is 1. The Balaban J connectivity index is 1.59. The average molecular weight is 403 g/mol. The Morgan fingerprint density at radius 3 is 2.71 bits per heavy atom. The highest BCUT2D eigenvalue weighted by Gasteiger charge is 2.17. The van der Waals surface area contributed by atoms with Crippen LogP contribution in [-0.4, -0.2) is 35.8 Å². The summed E-state index contributed by atoms with van der Waals surface area (Å²) in [5, 5.41) is 17.5. The first-order valence-corrected chi connectivity index (χ1v) is 9.40. The number of hydrogen-bond acceptors (Lipinski definition) is 7. The zero-order valence-corrected chi connectivity index (χ0v) is 14.9. The van der Waals surface area contributed by atoms with E-state index in [1.165, 1.54) is 12.1 Å². The summed E-state index contributed by atoms with van der Waals surface area (Å²) in [4.78, 5) is 14.3. The summed E-state index contributed by atoms with van der Waals surface area (Å²) in [5.74, 6) is 0.158. The van der Waals surface area contributed by atoms with Crippen LogP contribution in [0.4, 0.5) is 5.69 Å². The number of benzene rings is 2. The lowest BCUT2D eigenvalue weighted by Gasteiger charge is -2.00. The van der Waals surface area contributed by atoms with Crippen LogP contribution in [-0.2, 0) is 21.3 Å². The van der Waals surface area contributed by atoms with E-state index in [2.05, 4.69) is 15.2 Å². The van der Waals surface area contributed by atoms with E-state index in [9.17, 15) is 18.3 Å². The largest absolute Gasteiger partial charge is 0.493 e. The predicted molar refractivity (Wildman–Crippen MR) is 95.6 cm³/mol. The van der Waals surface area contributed by atoms with E-state index in [1.807, 2.05) is 0 Å². The van der Waals surface area contributed by atoms with Crippen molar-refractivity contribution in [1.82, 2.24) is 4.98 Å². The Hall–Kier alpha value is -3.44. The monoisotopic (exact) mass is 403 g/mol. The Bertz CT molecular complexity index is 1230. The van der Waals surface area contributed by atoms with Gasteiger partial charge in [0.05, 0.1) is 16.8 Å². The lowest BCUT2D eigenvalue weighted by atomic mass is 10.1. The molecule has 2 heterocycles. The standard InChI is InChI=1S/C17H13N3O7S/c21-15(6-9-1-4-13-14(5-9)27-8-26-13)19-20-16-11-7-10(28(23,24)25)2-3-12(11)18-17(16)22/h1-5,7,18,22H,6,8H2,(H,23,24,25). The van der Waals surface area contributed by atoms with Gasteiger partial charge in [0.1, 0.15) is 0 Å². The molecule has 0 unspecified atom stereocenters. The quantitative estimate of drug-likeness (QED) is 0.447. The van der Waals surface area contributed by atoms with E-state index in [0.29, 0.717) is 22.6 Å². The molecule has 0 spiro atoms. The maximum absolute atomic E-state index is 12.1. The van der Waals surface area contributed by atoms with Gasteiger partial charge in [0.15, 0.2) is 17.2 Å². The summed E-state index contributed by atoms with van der Waals surface area (Å²) >= 11 is 0. The van der Waals surface area contributed by atoms with Crippen molar-refractivity contribution in [2.75, 3.05) is 6.79 Å². The summed E-state index contributed by atoms with van der Waals surface area (Å²) in [6, 6.07) is 8.69. The number of aromatic nitrogens is 1. The number of aromatic amines is 1. The number of H-pyrrole nitrogens is 1. The number of rotatable bonds is 4. The molecule has 0 saturated heterocycles. The van der Waals surface area contributed by atoms with Gasteiger partial charge >= 0.3 is 0 Å². The molecule has 1 aromatic heterocycles. The molecule has 0 atom stereocenters. The SMILES string of the molecule is O=C(Cc1ccc2c(c1)OCO2)N=Nc1c(O)[nH]c2ccc(S(=O)(=O)O)cc12. The molecular weight excluding hydrogens is 390 g/mol. The van der Waals surface area contributed by atoms with Crippen molar-refractivity contribution in [3.8, 4) is 17.4 Å². The van der Waals surface area contributed by atoms with Crippen LogP contribution >= 0.6 is 0 Å². The average Bonchev–Trinajstić information content (AvgIpc) is 3.21. The molecule has 10 nitrogen and oxygen atoms in total. The number of nitrogens with one attached hydrogen (secondary N) is 1. The van der Waals surface area contributed by atoms with Crippen molar-refractivity contribution in [1.29, 1.82) is 0 Å². The van der Waals surface area contributed by atoms with Crippen LogP contribution in [0.25, 0.3) is 10.9 Å². The summed E-state index contributed by atoms with van der Waals surface area (Å²) in [6.07, 6.45) is -0.0560. The third-order valence-electron chi connectivity index (χ3n) is 4.08. The molecule has 3 aromatic rings. The number of carbonyl (C=O) groups excluding carboxylic acids is 1. The maximum Gasteiger partial charge on any atom is 0.294 e. The smallest absolute Gasteiger partial charge is 0.294 e. The number of amides is 1. The normalized spacial score (nSPS) is 13.5. The Kier molecular flexibility index (Phi) is 4.24.